The number of hydrogen-bond acceptors (Lipinski definition) is 5. The number of ether oxygens (including phenoxy) is 2. The third-order valence-electron chi connectivity index (χ3n) is 3.88. The molecule has 1 heterocycles. The fraction of sp³-hybridized carbons (Fsp3) is 0.529. The molecule has 0 spiro atoms. The molecule has 0 radical (unpaired) electrons. The second-order valence-corrected chi connectivity index (χ2v) is 6.88. The van der Waals surface area contributed by atoms with Crippen LogP contribution in [0.2, 0.25) is 0 Å². The average Bonchev–Trinajstić information content (AvgIpc) is 3.14. The van der Waals surface area contributed by atoms with Gasteiger partial charge < -0.3 is 20.1 Å². The molecule has 1 aliphatic rings. The van der Waals surface area contributed by atoms with Crippen molar-refractivity contribution in [3.05, 3.63) is 29.3 Å². The summed E-state index contributed by atoms with van der Waals surface area (Å²) in [5, 5.41) is 7.31. The number of thioether (sulfide) groups is 1. The normalized spacial score (nSPS) is 16.8. The third kappa shape index (κ3) is 6.58. The van der Waals surface area contributed by atoms with Gasteiger partial charge in [0.05, 0.1) is 14.2 Å². The summed E-state index contributed by atoms with van der Waals surface area (Å²) in [6.07, 6.45) is 2.57. The summed E-state index contributed by atoms with van der Waals surface area (Å²) in [6.45, 7) is 1.52. The van der Waals surface area contributed by atoms with Gasteiger partial charge in [0.25, 0.3) is 0 Å². The standard InChI is InChI=1S/C17H25N3O3S.HI/c1-18-17(20-11-13-5-4-8-24-13)19-10-12-6-7-14(16(21)23-3)15(9-12)22-2;/h6-7,9,13H,4-5,8,10-11H2,1-3H3,(H2,18,19,20);1H. The highest BCUT2D eigenvalue weighted by Crippen LogP contribution is 2.25. The van der Waals surface area contributed by atoms with Gasteiger partial charge in [0.15, 0.2) is 5.96 Å². The summed E-state index contributed by atoms with van der Waals surface area (Å²) in [4.78, 5) is 15.9. The van der Waals surface area contributed by atoms with E-state index in [1.54, 1.807) is 20.2 Å². The number of hydrogen-bond donors (Lipinski definition) is 2. The summed E-state index contributed by atoms with van der Waals surface area (Å²) < 4.78 is 10.0. The maximum Gasteiger partial charge on any atom is 0.341 e. The number of guanidine groups is 1. The number of esters is 1. The lowest BCUT2D eigenvalue weighted by molar-refractivity contribution is 0.0597. The predicted octanol–water partition coefficient (Wildman–Crippen LogP) is 2.66. The molecule has 1 aliphatic heterocycles. The van der Waals surface area contributed by atoms with Crippen molar-refractivity contribution in [3.63, 3.8) is 0 Å². The van der Waals surface area contributed by atoms with E-state index < -0.39 is 5.97 Å². The van der Waals surface area contributed by atoms with Gasteiger partial charge in [-0.3, -0.25) is 4.99 Å². The Morgan fingerprint density at radius 3 is 2.76 bits per heavy atom. The number of carbonyl (C=O) groups excluding carboxylic acids is 1. The first-order chi connectivity index (χ1) is 11.7. The molecule has 2 N–H and O–H groups in total. The summed E-state index contributed by atoms with van der Waals surface area (Å²) in [5.41, 5.74) is 1.42. The van der Waals surface area contributed by atoms with E-state index in [0.717, 1.165) is 18.1 Å². The van der Waals surface area contributed by atoms with Crippen LogP contribution in [0.1, 0.15) is 28.8 Å². The third-order valence-corrected chi connectivity index (χ3v) is 5.27. The molecule has 0 aliphatic carbocycles. The van der Waals surface area contributed by atoms with Crippen LogP contribution < -0.4 is 15.4 Å². The van der Waals surface area contributed by atoms with Crippen molar-refractivity contribution < 1.29 is 14.3 Å². The van der Waals surface area contributed by atoms with E-state index in [-0.39, 0.29) is 24.0 Å². The van der Waals surface area contributed by atoms with E-state index >= 15 is 0 Å². The van der Waals surface area contributed by atoms with Gasteiger partial charge in [0, 0.05) is 25.4 Å². The van der Waals surface area contributed by atoms with Crippen LogP contribution in [0.5, 0.6) is 5.75 Å². The largest absolute Gasteiger partial charge is 0.496 e. The number of aliphatic imine (C=N–C) groups is 1. The zero-order valence-electron chi connectivity index (χ0n) is 14.8. The SMILES string of the molecule is CN=C(NCc1ccc(C(=O)OC)c(OC)c1)NCC1CCCS1.I. The topological polar surface area (TPSA) is 72.0 Å². The second-order valence-electron chi connectivity index (χ2n) is 5.47. The summed E-state index contributed by atoms with van der Waals surface area (Å²) >= 11 is 2.02. The molecular weight excluding hydrogens is 453 g/mol. The fourth-order valence-electron chi connectivity index (χ4n) is 2.55. The number of carbonyl (C=O) groups is 1. The van der Waals surface area contributed by atoms with Gasteiger partial charge in [-0.1, -0.05) is 6.07 Å². The average molecular weight is 479 g/mol. The molecule has 1 atom stereocenters. The Balaban J connectivity index is 0.00000312. The fourth-order valence-corrected chi connectivity index (χ4v) is 3.75. The van der Waals surface area contributed by atoms with Crippen LogP contribution >= 0.6 is 35.7 Å². The molecule has 1 fully saturated rings. The van der Waals surface area contributed by atoms with Gasteiger partial charge in [-0.05, 0) is 36.3 Å². The first kappa shape index (κ1) is 21.9. The van der Waals surface area contributed by atoms with Crippen molar-refractivity contribution in [2.45, 2.75) is 24.6 Å². The number of nitrogens with zero attached hydrogens (tertiary/aromatic N) is 1. The lowest BCUT2D eigenvalue weighted by atomic mass is 10.1. The summed E-state index contributed by atoms with van der Waals surface area (Å²) in [6, 6.07) is 5.42. The number of benzene rings is 1. The molecule has 140 valence electrons. The van der Waals surface area contributed by atoms with Crippen LogP contribution in [-0.4, -0.2) is 50.7 Å². The molecule has 1 unspecified atom stereocenters. The van der Waals surface area contributed by atoms with Gasteiger partial charge >= 0.3 is 5.97 Å². The molecule has 0 aromatic heterocycles. The van der Waals surface area contributed by atoms with Crippen LogP contribution in [0.3, 0.4) is 0 Å². The van der Waals surface area contributed by atoms with Crippen LogP contribution in [0.25, 0.3) is 0 Å². The van der Waals surface area contributed by atoms with E-state index in [1.165, 1.54) is 25.7 Å². The molecule has 1 aromatic rings. The van der Waals surface area contributed by atoms with Crippen LogP contribution in [0.4, 0.5) is 0 Å². The van der Waals surface area contributed by atoms with E-state index in [4.69, 9.17) is 9.47 Å². The maximum absolute atomic E-state index is 11.7. The Labute approximate surface area is 170 Å². The van der Waals surface area contributed by atoms with Crippen molar-refractivity contribution in [3.8, 4) is 5.75 Å². The van der Waals surface area contributed by atoms with Gasteiger partial charge in [-0.2, -0.15) is 11.8 Å². The van der Waals surface area contributed by atoms with Gasteiger partial charge in [-0.25, -0.2) is 4.79 Å². The molecular formula is C17H26IN3O3S. The van der Waals surface area contributed by atoms with Gasteiger partial charge in [0.2, 0.25) is 0 Å². The Bertz CT molecular complexity index is 593. The first-order valence-electron chi connectivity index (χ1n) is 7.99. The number of nitrogens with one attached hydrogen (secondary N) is 2. The van der Waals surface area contributed by atoms with E-state index in [2.05, 4.69) is 15.6 Å². The highest BCUT2D eigenvalue weighted by Gasteiger charge is 2.16. The molecule has 1 aromatic carbocycles. The Kier molecular flexibility index (Phi) is 10.0. The van der Waals surface area contributed by atoms with Crippen LogP contribution in [-0.2, 0) is 11.3 Å². The first-order valence-corrected chi connectivity index (χ1v) is 9.04. The minimum atomic E-state index is -0.405. The molecule has 0 amide bonds. The summed E-state index contributed by atoms with van der Waals surface area (Å²) in [5.74, 6) is 2.13. The quantitative estimate of drug-likeness (QED) is 0.283. The van der Waals surface area contributed by atoms with Crippen molar-refractivity contribution in [1.82, 2.24) is 10.6 Å². The lowest BCUT2D eigenvalue weighted by Gasteiger charge is -2.15. The van der Waals surface area contributed by atoms with Gasteiger partial charge in [0.1, 0.15) is 11.3 Å². The smallest absolute Gasteiger partial charge is 0.341 e. The van der Waals surface area contributed by atoms with Crippen molar-refractivity contribution >= 4 is 47.7 Å². The Hall–Kier alpha value is -1.16. The zero-order valence-corrected chi connectivity index (χ0v) is 18.0. The molecule has 2 rings (SSSR count). The lowest BCUT2D eigenvalue weighted by Crippen LogP contribution is -2.39. The second kappa shape index (κ2) is 11.5. The van der Waals surface area contributed by atoms with Crippen molar-refractivity contribution in [1.29, 1.82) is 0 Å². The van der Waals surface area contributed by atoms with Crippen LogP contribution in [0.15, 0.2) is 23.2 Å². The van der Waals surface area contributed by atoms with E-state index in [1.807, 2.05) is 23.9 Å². The molecule has 1 saturated heterocycles. The van der Waals surface area contributed by atoms with Crippen LogP contribution in [0, 0.1) is 0 Å². The molecule has 6 nitrogen and oxygen atoms in total. The minimum Gasteiger partial charge on any atom is -0.496 e. The minimum absolute atomic E-state index is 0. The maximum atomic E-state index is 11.7. The Morgan fingerprint density at radius 1 is 1.36 bits per heavy atom. The van der Waals surface area contributed by atoms with Gasteiger partial charge in [-0.15, -0.1) is 24.0 Å². The van der Waals surface area contributed by atoms with E-state index in [9.17, 15) is 4.79 Å². The Morgan fingerprint density at radius 2 is 2.16 bits per heavy atom. The van der Waals surface area contributed by atoms with Crippen molar-refractivity contribution in [2.75, 3.05) is 33.6 Å². The molecule has 0 bridgehead atoms. The number of rotatable bonds is 6. The highest BCUT2D eigenvalue weighted by molar-refractivity contribution is 14.0. The molecule has 8 heteroatoms. The predicted molar refractivity (Wildman–Crippen MR) is 113 cm³/mol. The molecule has 25 heavy (non-hydrogen) atoms. The monoisotopic (exact) mass is 479 g/mol. The summed E-state index contributed by atoms with van der Waals surface area (Å²) in [7, 11) is 4.66. The number of methoxy groups -OCH3 is 2. The molecule has 0 saturated carbocycles. The number of halogens is 1. The van der Waals surface area contributed by atoms with Crippen molar-refractivity contribution in [2.24, 2.45) is 4.99 Å². The highest BCUT2D eigenvalue weighted by atomic mass is 127. The zero-order chi connectivity index (χ0) is 17.4. The van der Waals surface area contributed by atoms with E-state index in [0.29, 0.717) is 23.1 Å².